The van der Waals surface area contributed by atoms with E-state index in [9.17, 15) is 9.59 Å². The maximum atomic E-state index is 13.5. The van der Waals surface area contributed by atoms with Gasteiger partial charge in [0.2, 0.25) is 11.8 Å². The molecule has 4 aliphatic rings. The van der Waals surface area contributed by atoms with Gasteiger partial charge in [0, 0.05) is 29.1 Å². The van der Waals surface area contributed by atoms with Crippen LogP contribution in [-0.2, 0) is 16.0 Å². The summed E-state index contributed by atoms with van der Waals surface area (Å²) >= 11 is 0. The molecule has 4 aliphatic carbocycles. The lowest BCUT2D eigenvalue weighted by atomic mass is 9.53. The highest BCUT2D eigenvalue weighted by atomic mass is 16.2. The summed E-state index contributed by atoms with van der Waals surface area (Å²) in [5.74, 6) is 1.89. The van der Waals surface area contributed by atoms with E-state index in [-0.39, 0.29) is 17.4 Å². The van der Waals surface area contributed by atoms with Crippen LogP contribution in [0, 0.1) is 17.8 Å². The first-order valence-electron chi connectivity index (χ1n) is 11.3. The minimum atomic E-state index is -0.650. The van der Waals surface area contributed by atoms with Gasteiger partial charge in [-0.2, -0.15) is 0 Å². The van der Waals surface area contributed by atoms with Gasteiger partial charge in [-0.3, -0.25) is 9.59 Å². The van der Waals surface area contributed by atoms with E-state index in [0.29, 0.717) is 6.42 Å². The molecule has 160 valence electrons. The fourth-order valence-electron chi connectivity index (χ4n) is 6.65. The van der Waals surface area contributed by atoms with Crippen molar-refractivity contribution in [3.63, 3.8) is 0 Å². The highest BCUT2D eigenvalue weighted by molar-refractivity contribution is 5.91. The van der Waals surface area contributed by atoms with Crippen molar-refractivity contribution in [1.29, 1.82) is 0 Å². The van der Waals surface area contributed by atoms with Crippen molar-refractivity contribution < 1.29 is 9.59 Å². The van der Waals surface area contributed by atoms with Crippen LogP contribution < -0.4 is 16.4 Å². The SMILES string of the molecule is C[C@H](N)C(=O)N[C@H](Cc1c[nH]c2ccccc12)C(=O)NC12CC3CC(CC(C3)C1)C2. The first-order valence-corrected chi connectivity index (χ1v) is 11.3. The summed E-state index contributed by atoms with van der Waals surface area (Å²) in [4.78, 5) is 29.1. The number of nitrogens with two attached hydrogens (primary N) is 1. The van der Waals surface area contributed by atoms with Gasteiger partial charge < -0.3 is 21.4 Å². The van der Waals surface area contributed by atoms with Gasteiger partial charge in [0.1, 0.15) is 6.04 Å². The molecule has 6 rings (SSSR count). The van der Waals surface area contributed by atoms with Gasteiger partial charge in [0.25, 0.3) is 0 Å². The Morgan fingerprint density at radius 2 is 1.73 bits per heavy atom. The van der Waals surface area contributed by atoms with Crippen LogP contribution in [0.5, 0.6) is 0 Å². The number of benzene rings is 1. The Hall–Kier alpha value is -2.34. The molecule has 5 N–H and O–H groups in total. The predicted octanol–water partition coefficient (Wildman–Crippen LogP) is 2.63. The van der Waals surface area contributed by atoms with Crippen LogP contribution in [0.25, 0.3) is 10.9 Å². The van der Waals surface area contributed by atoms with Gasteiger partial charge >= 0.3 is 0 Å². The molecule has 0 radical (unpaired) electrons. The molecule has 1 aromatic heterocycles. The summed E-state index contributed by atoms with van der Waals surface area (Å²) in [6.07, 6.45) is 9.64. The highest BCUT2D eigenvalue weighted by Gasteiger charge is 2.51. The molecule has 1 aromatic carbocycles. The van der Waals surface area contributed by atoms with Crippen LogP contribution in [0.2, 0.25) is 0 Å². The number of hydrogen-bond donors (Lipinski definition) is 4. The van der Waals surface area contributed by atoms with Crippen molar-refractivity contribution in [3.05, 3.63) is 36.0 Å². The van der Waals surface area contributed by atoms with Crippen molar-refractivity contribution in [1.82, 2.24) is 15.6 Å². The number of nitrogens with one attached hydrogen (secondary N) is 3. The number of rotatable bonds is 6. The summed E-state index contributed by atoms with van der Waals surface area (Å²) in [6.45, 7) is 1.65. The maximum Gasteiger partial charge on any atom is 0.243 e. The minimum absolute atomic E-state index is 0.0729. The van der Waals surface area contributed by atoms with Crippen LogP contribution in [0.4, 0.5) is 0 Å². The second kappa shape index (κ2) is 7.41. The molecule has 30 heavy (non-hydrogen) atoms. The maximum absolute atomic E-state index is 13.5. The first-order chi connectivity index (χ1) is 14.4. The van der Waals surface area contributed by atoms with Crippen LogP contribution in [-0.4, -0.2) is 34.4 Å². The largest absolute Gasteiger partial charge is 0.361 e. The third-order valence-corrected chi connectivity index (χ3v) is 7.57. The molecule has 0 unspecified atom stereocenters. The molecule has 6 nitrogen and oxygen atoms in total. The number of aromatic nitrogens is 1. The lowest BCUT2D eigenvalue weighted by molar-refractivity contribution is -0.133. The molecule has 0 saturated heterocycles. The average Bonchev–Trinajstić information content (AvgIpc) is 3.09. The number of fused-ring (bicyclic) bond motifs is 1. The molecular formula is C24H32N4O2. The molecule has 6 heteroatoms. The van der Waals surface area contributed by atoms with Gasteiger partial charge in [-0.1, -0.05) is 18.2 Å². The Bertz CT molecular complexity index is 928. The average molecular weight is 409 g/mol. The first kappa shape index (κ1) is 19.6. The molecule has 0 aliphatic heterocycles. The van der Waals surface area contributed by atoms with Gasteiger partial charge in [0.05, 0.1) is 6.04 Å². The number of carbonyl (C=O) groups excluding carboxylic acids is 2. The van der Waals surface area contributed by atoms with Crippen molar-refractivity contribution in [2.45, 2.75) is 69.5 Å². The van der Waals surface area contributed by atoms with Gasteiger partial charge in [-0.15, -0.1) is 0 Å². The topological polar surface area (TPSA) is 100 Å². The zero-order valence-electron chi connectivity index (χ0n) is 17.6. The molecule has 4 fully saturated rings. The standard InChI is InChI=1S/C24H32N4O2/c1-14(25)22(29)27-21(9-18-13-26-20-5-3-2-4-19(18)20)23(30)28-24-10-15-6-16(11-24)8-17(7-15)12-24/h2-5,13-17,21,26H,6-12,25H2,1H3,(H,27,29)(H,28,30)/t14-,15?,16?,17?,21+,24?/m0/s1. The Kier molecular flexibility index (Phi) is 4.85. The quantitative estimate of drug-likeness (QED) is 0.591. The molecule has 1 heterocycles. The lowest BCUT2D eigenvalue weighted by Gasteiger charge is -2.57. The lowest BCUT2D eigenvalue weighted by Crippen LogP contribution is -2.63. The van der Waals surface area contributed by atoms with E-state index in [1.807, 2.05) is 30.5 Å². The molecule has 4 saturated carbocycles. The van der Waals surface area contributed by atoms with E-state index in [2.05, 4.69) is 15.6 Å². The van der Waals surface area contributed by atoms with Gasteiger partial charge in [-0.05, 0) is 74.8 Å². The predicted molar refractivity (Wildman–Crippen MR) is 117 cm³/mol. The Labute approximate surface area is 177 Å². The van der Waals surface area contributed by atoms with Crippen LogP contribution in [0.15, 0.2) is 30.5 Å². The summed E-state index contributed by atoms with van der Waals surface area (Å²) in [6, 6.07) is 6.76. The normalized spacial score (nSPS) is 31.5. The number of carbonyl (C=O) groups is 2. The second-order valence-corrected chi connectivity index (χ2v) is 10.1. The van der Waals surface area contributed by atoms with Gasteiger partial charge in [-0.25, -0.2) is 0 Å². The zero-order valence-corrected chi connectivity index (χ0v) is 17.6. The summed E-state index contributed by atoms with van der Waals surface area (Å²) < 4.78 is 0. The van der Waals surface area contributed by atoms with E-state index in [4.69, 9.17) is 5.73 Å². The zero-order chi connectivity index (χ0) is 20.9. The van der Waals surface area contributed by atoms with Crippen LogP contribution >= 0.6 is 0 Å². The third-order valence-electron chi connectivity index (χ3n) is 7.57. The molecular weight excluding hydrogens is 376 g/mol. The van der Waals surface area contributed by atoms with E-state index >= 15 is 0 Å². The molecule has 4 bridgehead atoms. The highest BCUT2D eigenvalue weighted by Crippen LogP contribution is 2.55. The van der Waals surface area contributed by atoms with E-state index in [1.165, 1.54) is 19.3 Å². The molecule has 0 spiro atoms. The van der Waals surface area contributed by atoms with Crippen molar-refractivity contribution in [3.8, 4) is 0 Å². The third kappa shape index (κ3) is 3.62. The Morgan fingerprint density at radius 3 is 2.37 bits per heavy atom. The fraction of sp³-hybridized carbons (Fsp3) is 0.583. The number of para-hydroxylation sites is 1. The van der Waals surface area contributed by atoms with E-state index < -0.39 is 12.1 Å². The summed E-state index contributed by atoms with van der Waals surface area (Å²) in [7, 11) is 0. The number of aromatic amines is 1. The second-order valence-electron chi connectivity index (χ2n) is 10.1. The number of hydrogen-bond acceptors (Lipinski definition) is 3. The molecule has 2 amide bonds. The van der Waals surface area contributed by atoms with Crippen molar-refractivity contribution >= 4 is 22.7 Å². The summed E-state index contributed by atoms with van der Waals surface area (Å²) in [5, 5.41) is 7.42. The van der Waals surface area contributed by atoms with E-state index in [0.717, 1.165) is 53.5 Å². The Balaban J connectivity index is 1.37. The fourth-order valence-corrected chi connectivity index (χ4v) is 6.65. The Morgan fingerprint density at radius 1 is 1.10 bits per heavy atom. The van der Waals surface area contributed by atoms with Crippen LogP contribution in [0.3, 0.4) is 0 Å². The number of H-pyrrole nitrogens is 1. The van der Waals surface area contributed by atoms with Gasteiger partial charge in [0.15, 0.2) is 0 Å². The van der Waals surface area contributed by atoms with E-state index in [1.54, 1.807) is 6.92 Å². The molecule has 2 aromatic rings. The monoisotopic (exact) mass is 408 g/mol. The smallest absolute Gasteiger partial charge is 0.243 e. The van der Waals surface area contributed by atoms with Crippen molar-refractivity contribution in [2.75, 3.05) is 0 Å². The molecule has 2 atom stereocenters. The minimum Gasteiger partial charge on any atom is -0.361 e. The summed E-state index contributed by atoms with van der Waals surface area (Å²) in [5.41, 5.74) is 7.77. The van der Waals surface area contributed by atoms with Crippen LogP contribution in [0.1, 0.15) is 51.0 Å². The number of amides is 2. The van der Waals surface area contributed by atoms with Crippen molar-refractivity contribution in [2.24, 2.45) is 23.5 Å².